The van der Waals surface area contributed by atoms with Crippen molar-refractivity contribution in [1.82, 2.24) is 8.94 Å². The van der Waals surface area contributed by atoms with E-state index in [0.717, 1.165) is 11.5 Å². The maximum absolute atomic E-state index is 12.1. The quantitative estimate of drug-likeness (QED) is 0.791. The minimum Gasteiger partial charge on any atom is -0.497 e. The third kappa shape index (κ3) is 2.84. The number of nitrogens with one attached hydrogen (secondary N) is 1. The zero-order chi connectivity index (χ0) is 15.5. The molecule has 3 aromatic rings. The average Bonchev–Trinajstić information content (AvgIpc) is 2.90. The topological polar surface area (TPSA) is 56.1 Å². The standard InChI is InChI=1S/C15H12ClN3O2S/c1-21-11-6-4-5-10(9-11)19-14(18-22-15(19)20)17-13-8-3-2-7-12(13)16/h2-9H,1H3,(H,17,18). The lowest BCUT2D eigenvalue weighted by atomic mass is 10.3. The zero-order valence-electron chi connectivity index (χ0n) is 11.6. The van der Waals surface area contributed by atoms with Crippen LogP contribution in [-0.2, 0) is 0 Å². The summed E-state index contributed by atoms with van der Waals surface area (Å²) < 4.78 is 10.8. The monoisotopic (exact) mass is 333 g/mol. The molecule has 1 heterocycles. The summed E-state index contributed by atoms with van der Waals surface area (Å²) >= 11 is 7.01. The highest BCUT2D eigenvalue weighted by molar-refractivity contribution is 7.03. The third-order valence-corrected chi connectivity index (χ3v) is 3.97. The first-order chi connectivity index (χ1) is 10.7. The molecular formula is C15H12ClN3O2S. The molecule has 3 rings (SSSR count). The second-order valence-corrected chi connectivity index (χ2v) is 5.54. The van der Waals surface area contributed by atoms with Crippen LogP contribution in [0.2, 0.25) is 5.02 Å². The Balaban J connectivity index is 2.04. The molecule has 7 heteroatoms. The minimum atomic E-state index is -0.192. The third-order valence-electron chi connectivity index (χ3n) is 3.04. The van der Waals surface area contributed by atoms with Crippen molar-refractivity contribution in [2.75, 3.05) is 12.4 Å². The van der Waals surface area contributed by atoms with Gasteiger partial charge in [-0.3, -0.25) is 4.79 Å². The number of benzene rings is 2. The smallest absolute Gasteiger partial charge is 0.332 e. The predicted molar refractivity (Wildman–Crippen MR) is 89.0 cm³/mol. The SMILES string of the molecule is COc1cccc(-n2c(Nc3ccccc3Cl)nsc2=O)c1. The Labute approximate surface area is 135 Å². The van der Waals surface area contributed by atoms with Crippen molar-refractivity contribution in [2.45, 2.75) is 0 Å². The maximum Gasteiger partial charge on any atom is 0.332 e. The van der Waals surface area contributed by atoms with E-state index in [2.05, 4.69) is 9.69 Å². The first-order valence-electron chi connectivity index (χ1n) is 6.44. The number of hydrogen-bond acceptors (Lipinski definition) is 5. The number of anilines is 2. The molecule has 0 amide bonds. The van der Waals surface area contributed by atoms with Gasteiger partial charge >= 0.3 is 4.87 Å². The Kier molecular flexibility index (Phi) is 4.13. The van der Waals surface area contributed by atoms with E-state index in [9.17, 15) is 4.79 Å². The van der Waals surface area contributed by atoms with Crippen LogP contribution in [0, 0.1) is 0 Å². The van der Waals surface area contributed by atoms with E-state index in [1.54, 1.807) is 19.2 Å². The van der Waals surface area contributed by atoms with Gasteiger partial charge < -0.3 is 10.1 Å². The molecule has 0 saturated heterocycles. The average molecular weight is 334 g/mol. The Morgan fingerprint density at radius 1 is 1.23 bits per heavy atom. The van der Waals surface area contributed by atoms with Crippen molar-refractivity contribution in [2.24, 2.45) is 0 Å². The molecule has 0 unspecified atom stereocenters. The number of hydrogen-bond donors (Lipinski definition) is 1. The van der Waals surface area contributed by atoms with E-state index in [4.69, 9.17) is 16.3 Å². The molecule has 22 heavy (non-hydrogen) atoms. The van der Waals surface area contributed by atoms with Gasteiger partial charge in [-0.2, -0.15) is 4.37 Å². The summed E-state index contributed by atoms with van der Waals surface area (Å²) in [6.45, 7) is 0. The Morgan fingerprint density at radius 2 is 2.05 bits per heavy atom. The fourth-order valence-corrected chi connectivity index (χ4v) is 2.74. The summed E-state index contributed by atoms with van der Waals surface area (Å²) in [5.41, 5.74) is 1.36. The van der Waals surface area contributed by atoms with Crippen LogP contribution in [0.5, 0.6) is 5.75 Å². The fourth-order valence-electron chi connectivity index (χ4n) is 1.99. The number of methoxy groups -OCH3 is 1. The molecule has 1 aromatic heterocycles. The molecule has 112 valence electrons. The van der Waals surface area contributed by atoms with Crippen LogP contribution >= 0.6 is 23.1 Å². The van der Waals surface area contributed by atoms with Gasteiger partial charge in [-0.25, -0.2) is 4.57 Å². The van der Waals surface area contributed by atoms with Gasteiger partial charge in [-0.1, -0.05) is 29.8 Å². The molecule has 2 aromatic carbocycles. The van der Waals surface area contributed by atoms with Crippen molar-refractivity contribution < 1.29 is 4.74 Å². The van der Waals surface area contributed by atoms with Gasteiger partial charge in [0.15, 0.2) is 0 Å². The summed E-state index contributed by atoms with van der Waals surface area (Å²) in [5, 5.41) is 3.64. The van der Waals surface area contributed by atoms with Gasteiger partial charge in [0.25, 0.3) is 0 Å². The summed E-state index contributed by atoms with van der Waals surface area (Å²) in [7, 11) is 1.58. The molecule has 1 N–H and O–H groups in total. The number of para-hydroxylation sites is 1. The molecule has 5 nitrogen and oxygen atoms in total. The highest BCUT2D eigenvalue weighted by atomic mass is 35.5. The Morgan fingerprint density at radius 3 is 2.82 bits per heavy atom. The Hall–Kier alpha value is -2.31. The van der Waals surface area contributed by atoms with Crippen molar-refractivity contribution in [1.29, 1.82) is 0 Å². The summed E-state index contributed by atoms with van der Waals surface area (Å²) in [5.74, 6) is 1.08. The molecule has 0 saturated carbocycles. The van der Waals surface area contributed by atoms with Gasteiger partial charge in [0.1, 0.15) is 5.75 Å². The van der Waals surface area contributed by atoms with Gasteiger partial charge in [0.2, 0.25) is 5.95 Å². The van der Waals surface area contributed by atoms with Crippen LogP contribution in [-0.4, -0.2) is 16.1 Å². The van der Waals surface area contributed by atoms with Crippen LogP contribution in [0.4, 0.5) is 11.6 Å². The van der Waals surface area contributed by atoms with Gasteiger partial charge in [0.05, 0.1) is 23.5 Å². The highest BCUT2D eigenvalue weighted by Gasteiger charge is 2.12. The second kappa shape index (κ2) is 6.21. The zero-order valence-corrected chi connectivity index (χ0v) is 13.2. The van der Waals surface area contributed by atoms with E-state index in [1.807, 2.05) is 36.4 Å². The number of rotatable bonds is 4. The second-order valence-electron chi connectivity index (χ2n) is 4.41. The molecule has 0 aliphatic carbocycles. The molecule has 0 fully saturated rings. The predicted octanol–water partition coefficient (Wildman–Crippen LogP) is 3.70. The minimum absolute atomic E-state index is 0.192. The maximum atomic E-state index is 12.1. The van der Waals surface area contributed by atoms with Crippen LogP contribution in [0.25, 0.3) is 5.69 Å². The molecule has 0 radical (unpaired) electrons. The number of nitrogens with zero attached hydrogens (tertiary/aromatic N) is 2. The molecule has 0 atom stereocenters. The van der Waals surface area contributed by atoms with E-state index in [-0.39, 0.29) is 4.87 Å². The fraction of sp³-hybridized carbons (Fsp3) is 0.0667. The van der Waals surface area contributed by atoms with Crippen LogP contribution in [0.1, 0.15) is 0 Å². The highest BCUT2D eigenvalue weighted by Crippen LogP contribution is 2.25. The molecule has 0 bridgehead atoms. The van der Waals surface area contributed by atoms with E-state index in [1.165, 1.54) is 4.57 Å². The van der Waals surface area contributed by atoms with Gasteiger partial charge in [-0.05, 0) is 24.3 Å². The van der Waals surface area contributed by atoms with Crippen LogP contribution in [0.15, 0.2) is 53.3 Å². The summed E-state index contributed by atoms with van der Waals surface area (Å²) in [4.78, 5) is 11.9. The van der Waals surface area contributed by atoms with Gasteiger partial charge in [-0.15, -0.1) is 0 Å². The lowest BCUT2D eigenvalue weighted by molar-refractivity contribution is 0.414. The largest absolute Gasteiger partial charge is 0.497 e. The van der Waals surface area contributed by atoms with Crippen molar-refractivity contribution >= 4 is 34.8 Å². The number of halogens is 1. The van der Waals surface area contributed by atoms with Crippen LogP contribution in [0.3, 0.4) is 0 Å². The van der Waals surface area contributed by atoms with Crippen LogP contribution < -0.4 is 14.9 Å². The summed E-state index contributed by atoms with van der Waals surface area (Å²) in [6.07, 6.45) is 0. The van der Waals surface area contributed by atoms with Crippen molar-refractivity contribution in [3.63, 3.8) is 0 Å². The van der Waals surface area contributed by atoms with Crippen molar-refractivity contribution in [3.8, 4) is 11.4 Å². The molecule has 0 spiro atoms. The van der Waals surface area contributed by atoms with E-state index < -0.39 is 0 Å². The van der Waals surface area contributed by atoms with Crippen molar-refractivity contribution in [3.05, 3.63) is 63.2 Å². The van der Waals surface area contributed by atoms with E-state index in [0.29, 0.717) is 28.1 Å². The molecular weight excluding hydrogens is 322 g/mol. The van der Waals surface area contributed by atoms with E-state index >= 15 is 0 Å². The summed E-state index contributed by atoms with van der Waals surface area (Å²) in [6, 6.07) is 14.5. The molecule has 0 aliphatic heterocycles. The first-order valence-corrected chi connectivity index (χ1v) is 7.59. The number of ether oxygens (including phenoxy) is 1. The van der Waals surface area contributed by atoms with Gasteiger partial charge in [0, 0.05) is 17.6 Å². The number of aromatic nitrogens is 2. The Bertz CT molecular complexity index is 860. The normalized spacial score (nSPS) is 10.5. The lowest BCUT2D eigenvalue weighted by Crippen LogP contribution is -2.13. The first kappa shape index (κ1) is 14.6. The lowest BCUT2D eigenvalue weighted by Gasteiger charge is -2.10. The molecule has 0 aliphatic rings.